The summed E-state index contributed by atoms with van der Waals surface area (Å²) in [6.45, 7) is 6.59. The molecule has 1 aliphatic carbocycles. The molecule has 3 fully saturated rings. The highest BCUT2D eigenvalue weighted by molar-refractivity contribution is 6.43. The van der Waals surface area contributed by atoms with Gasteiger partial charge in [0.15, 0.2) is 10.6 Å². The van der Waals surface area contributed by atoms with Crippen molar-refractivity contribution in [1.82, 2.24) is 14.7 Å². The van der Waals surface area contributed by atoms with Gasteiger partial charge >= 0.3 is 6.09 Å². The first-order valence-electron chi connectivity index (χ1n) is 12.1. The molecule has 5 aliphatic rings. The number of nitrogens with two attached hydrogens (primary N) is 1. The van der Waals surface area contributed by atoms with Crippen LogP contribution in [0, 0.1) is 5.92 Å². The van der Waals surface area contributed by atoms with Gasteiger partial charge in [-0.2, -0.15) is 0 Å². The van der Waals surface area contributed by atoms with Crippen molar-refractivity contribution in [2.45, 2.75) is 49.2 Å². The number of fused-ring (bicyclic) bond motifs is 4. The van der Waals surface area contributed by atoms with Crippen LogP contribution in [0.2, 0.25) is 0 Å². The van der Waals surface area contributed by atoms with E-state index < -0.39 is 46.0 Å². The van der Waals surface area contributed by atoms with Crippen molar-refractivity contribution in [3.8, 4) is 0 Å². The number of hydrogen-bond donors (Lipinski definition) is 1. The molecule has 0 bridgehead atoms. The van der Waals surface area contributed by atoms with E-state index in [1.807, 2.05) is 18.7 Å². The van der Waals surface area contributed by atoms with Crippen LogP contribution in [0.5, 0.6) is 0 Å². The van der Waals surface area contributed by atoms with Crippen LogP contribution in [-0.2, 0) is 33.3 Å². The first-order valence-corrected chi connectivity index (χ1v) is 12.5. The lowest BCUT2D eigenvalue weighted by atomic mass is 9.74. The summed E-state index contributed by atoms with van der Waals surface area (Å²) in [6.07, 6.45) is -1.04. The molecule has 1 spiro atoms. The average Bonchev–Trinajstić information content (AvgIpc) is 3.14. The maximum Gasteiger partial charge on any atom is 0.404 e. The van der Waals surface area contributed by atoms with Crippen LogP contribution in [0.1, 0.15) is 20.8 Å². The lowest BCUT2D eigenvalue weighted by molar-refractivity contribution is -0.196. The molecule has 2 N–H and O–H groups in total. The smallest absolute Gasteiger partial charge is 0.404 e. The van der Waals surface area contributed by atoms with Gasteiger partial charge in [0.2, 0.25) is 17.5 Å². The third-order valence-electron chi connectivity index (χ3n) is 8.27. The second-order valence-electron chi connectivity index (χ2n) is 9.68. The van der Waals surface area contributed by atoms with Gasteiger partial charge < -0.3 is 39.4 Å². The minimum atomic E-state index is -2.05. The minimum Gasteiger partial charge on any atom is -0.449 e. The molecule has 0 saturated carbocycles. The van der Waals surface area contributed by atoms with Crippen LogP contribution in [0.15, 0.2) is 11.3 Å². The average molecular weight is 527 g/mol. The summed E-state index contributed by atoms with van der Waals surface area (Å²) in [6, 6.07) is -0.681. The molecule has 4 heterocycles. The van der Waals surface area contributed by atoms with Crippen LogP contribution in [0.3, 0.4) is 0 Å². The molecular formula is C23H31ClN4O8. The summed E-state index contributed by atoms with van der Waals surface area (Å²) in [5, 5.41) is 0. The lowest BCUT2D eigenvalue weighted by Crippen LogP contribution is -2.69. The maximum atomic E-state index is 14.4. The number of amides is 2. The van der Waals surface area contributed by atoms with Gasteiger partial charge in [0.1, 0.15) is 12.6 Å². The topological polar surface area (TPSA) is 141 Å². The van der Waals surface area contributed by atoms with Gasteiger partial charge in [0.05, 0.1) is 30.9 Å². The number of rotatable bonds is 7. The summed E-state index contributed by atoms with van der Waals surface area (Å²) < 4.78 is 23.0. The number of hydrogen-bond acceptors (Lipinski definition) is 10. The van der Waals surface area contributed by atoms with Gasteiger partial charge in [-0.3, -0.25) is 14.4 Å². The van der Waals surface area contributed by atoms with Crippen molar-refractivity contribution < 1.29 is 38.1 Å². The Labute approximate surface area is 213 Å². The predicted octanol–water partition coefficient (Wildman–Crippen LogP) is -0.562. The highest BCUT2D eigenvalue weighted by atomic mass is 35.5. The third kappa shape index (κ3) is 2.96. The fraction of sp³-hybridized carbons (Fsp3) is 0.739. The molecular weight excluding hydrogens is 496 g/mol. The molecule has 0 radical (unpaired) electrons. The van der Waals surface area contributed by atoms with Crippen molar-refractivity contribution in [1.29, 1.82) is 0 Å². The van der Waals surface area contributed by atoms with Gasteiger partial charge in [-0.15, -0.1) is 11.6 Å². The Bertz CT molecular complexity index is 1060. The first kappa shape index (κ1) is 25.4. The molecule has 5 rings (SSSR count). The Balaban J connectivity index is 1.67. The van der Waals surface area contributed by atoms with Gasteiger partial charge in [0, 0.05) is 32.7 Å². The molecule has 0 aromatic heterocycles. The Morgan fingerprint density at radius 3 is 2.36 bits per heavy atom. The van der Waals surface area contributed by atoms with E-state index in [2.05, 4.69) is 0 Å². The van der Waals surface area contributed by atoms with Crippen LogP contribution in [0.4, 0.5) is 4.79 Å². The van der Waals surface area contributed by atoms with E-state index in [1.165, 1.54) is 14.0 Å². The Hall–Kier alpha value is -2.25. The van der Waals surface area contributed by atoms with E-state index in [4.69, 9.17) is 36.3 Å². The van der Waals surface area contributed by atoms with E-state index >= 15 is 0 Å². The molecule has 1 unspecified atom stereocenters. The number of Topliss-reactive ketones (excluding diaryl/α,β-unsaturated/α-hetero) is 2. The van der Waals surface area contributed by atoms with E-state index in [-0.39, 0.29) is 56.1 Å². The van der Waals surface area contributed by atoms with Crippen molar-refractivity contribution in [3.05, 3.63) is 11.3 Å². The third-order valence-corrected chi connectivity index (χ3v) is 8.81. The molecule has 5 atom stereocenters. The maximum absolute atomic E-state index is 14.4. The zero-order valence-electron chi connectivity index (χ0n) is 20.7. The number of primary amides is 1. The second-order valence-corrected chi connectivity index (χ2v) is 10.3. The Kier molecular flexibility index (Phi) is 5.92. The van der Waals surface area contributed by atoms with Crippen LogP contribution >= 0.6 is 11.6 Å². The lowest BCUT2D eigenvalue weighted by Gasteiger charge is -2.46. The highest BCUT2D eigenvalue weighted by Crippen LogP contribution is 2.62. The van der Waals surface area contributed by atoms with Crippen molar-refractivity contribution in [2.24, 2.45) is 11.7 Å². The largest absolute Gasteiger partial charge is 0.449 e. The molecule has 36 heavy (non-hydrogen) atoms. The summed E-state index contributed by atoms with van der Waals surface area (Å²) in [5.74, 6) is -4.26. The van der Waals surface area contributed by atoms with Gasteiger partial charge in [-0.25, -0.2) is 4.79 Å². The van der Waals surface area contributed by atoms with E-state index in [0.717, 1.165) is 0 Å². The van der Waals surface area contributed by atoms with Gasteiger partial charge in [-0.05, 0) is 13.1 Å². The summed E-state index contributed by atoms with van der Waals surface area (Å²) in [4.78, 5) is 56.0. The molecule has 4 aliphatic heterocycles. The normalized spacial score (nSPS) is 36.0. The van der Waals surface area contributed by atoms with Gasteiger partial charge in [-0.1, -0.05) is 13.8 Å². The number of nitrogens with zero attached hydrogens (tertiary/aromatic N) is 3. The molecule has 12 nitrogen and oxygen atoms in total. The number of carbonyl (C=O) groups excluding carboxylic acids is 4. The van der Waals surface area contributed by atoms with Crippen LogP contribution in [-0.4, -0.2) is 120 Å². The molecule has 0 aromatic rings. The first-order chi connectivity index (χ1) is 17.1. The number of allylic oxidation sites excluding steroid dienone is 1. The number of alkyl halides is 1. The molecule has 13 heteroatoms. The zero-order valence-corrected chi connectivity index (χ0v) is 21.5. The zero-order chi connectivity index (χ0) is 26.2. The summed E-state index contributed by atoms with van der Waals surface area (Å²) >= 11 is 7.15. The molecule has 198 valence electrons. The van der Waals surface area contributed by atoms with Crippen LogP contribution < -0.4 is 5.73 Å². The Morgan fingerprint density at radius 2 is 1.83 bits per heavy atom. The van der Waals surface area contributed by atoms with E-state index in [1.54, 1.807) is 9.80 Å². The molecule has 2 amide bonds. The second kappa shape index (κ2) is 8.38. The highest BCUT2D eigenvalue weighted by Gasteiger charge is 2.81. The number of methoxy groups -OCH3 is 1. The number of piperazine rings is 1. The summed E-state index contributed by atoms with van der Waals surface area (Å²) in [7, 11) is 1.44. The number of ether oxygens (including phenoxy) is 4. The molecule has 0 aromatic carbocycles. The monoisotopic (exact) mass is 526 g/mol. The predicted molar refractivity (Wildman–Crippen MR) is 124 cm³/mol. The minimum absolute atomic E-state index is 0.0195. The quantitative estimate of drug-likeness (QED) is 0.339. The van der Waals surface area contributed by atoms with Crippen molar-refractivity contribution in [3.63, 3.8) is 0 Å². The fourth-order valence-corrected chi connectivity index (χ4v) is 7.14. The summed E-state index contributed by atoms with van der Waals surface area (Å²) in [5.41, 5.74) is 4.11. The van der Waals surface area contributed by atoms with E-state index in [0.29, 0.717) is 13.1 Å². The van der Waals surface area contributed by atoms with Crippen molar-refractivity contribution in [2.75, 3.05) is 53.1 Å². The fourth-order valence-electron chi connectivity index (χ4n) is 6.69. The van der Waals surface area contributed by atoms with Gasteiger partial charge in [0.25, 0.3) is 5.79 Å². The Morgan fingerprint density at radius 1 is 1.19 bits per heavy atom. The van der Waals surface area contributed by atoms with Crippen LogP contribution in [0.25, 0.3) is 0 Å². The SMILES string of the molecule is CCN(CC)CC1(Cl)C(=O)C2=C(C(=O)C13OCCO3)[C@@H](COC(N)=O)[C@@]1(OC)[C@@H]3[C@H](CN21)N3C(C)=O. The standard InChI is InChI=1S/C23H31ClN4O8/c1-5-26(6-2)11-21(24)19(31)16-15(18(30)23(21)35-7-8-36-23)13(10-34-20(25)32)22(33-4)17-14(9-27(16)22)28(17)12(3)29/h13-14,17H,5-11H2,1-4H3,(H2,25,32)/t13-,14+,17+,21?,22-,28?/m1/s1. The molecule has 3 saturated heterocycles. The number of halogens is 1. The number of carbonyl (C=O) groups is 4. The number of ketones is 2. The van der Waals surface area contributed by atoms with E-state index in [9.17, 15) is 19.2 Å². The van der Waals surface area contributed by atoms with Crippen molar-refractivity contribution >= 4 is 35.2 Å².